The molecule has 0 saturated carbocycles. The maximum atomic E-state index is 9.04. The summed E-state index contributed by atoms with van der Waals surface area (Å²) in [4.78, 5) is 0. The predicted molar refractivity (Wildman–Crippen MR) is 66.9 cm³/mol. The molecule has 2 nitrogen and oxygen atoms in total. The van der Waals surface area contributed by atoms with Crippen molar-refractivity contribution in [3.8, 4) is 12.1 Å². The first-order chi connectivity index (χ1) is 7.40. The highest BCUT2D eigenvalue weighted by molar-refractivity contribution is 9.10. The van der Waals surface area contributed by atoms with Crippen molar-refractivity contribution < 1.29 is 0 Å². The van der Waals surface area contributed by atoms with Crippen LogP contribution >= 0.6 is 15.9 Å². The van der Waals surface area contributed by atoms with Crippen LogP contribution in [0.3, 0.4) is 0 Å². The van der Waals surface area contributed by atoms with Gasteiger partial charge < -0.3 is 0 Å². The third-order valence-electron chi connectivity index (χ3n) is 2.34. The van der Waals surface area contributed by atoms with E-state index >= 15 is 0 Å². The molecule has 1 rings (SSSR count). The molecule has 0 aromatic heterocycles. The molecule has 0 unspecified atom stereocenters. The summed E-state index contributed by atoms with van der Waals surface area (Å²) in [5, 5.41) is 17.7. The van der Waals surface area contributed by atoms with Crippen molar-refractivity contribution in [3.63, 3.8) is 0 Å². The van der Waals surface area contributed by atoms with Crippen molar-refractivity contribution in [1.82, 2.24) is 0 Å². The lowest BCUT2D eigenvalue weighted by atomic mass is 9.85. The van der Waals surface area contributed by atoms with Gasteiger partial charge in [-0.3, -0.25) is 0 Å². The molecule has 0 aliphatic carbocycles. The first kappa shape index (κ1) is 12.7. The lowest BCUT2D eigenvalue weighted by Crippen LogP contribution is -2.13. The summed E-state index contributed by atoms with van der Waals surface area (Å²) in [6.45, 7) is 6.26. The second-order valence-electron chi connectivity index (χ2n) is 4.70. The Bertz CT molecular complexity index is 484. The number of benzene rings is 1. The Morgan fingerprint density at radius 1 is 1.25 bits per heavy atom. The van der Waals surface area contributed by atoms with Crippen molar-refractivity contribution in [2.75, 3.05) is 0 Å². The quantitative estimate of drug-likeness (QED) is 0.786. The molecule has 0 aliphatic heterocycles. The van der Waals surface area contributed by atoms with Crippen LogP contribution in [0.4, 0.5) is 0 Å². The highest BCUT2D eigenvalue weighted by Crippen LogP contribution is 2.33. The summed E-state index contributed by atoms with van der Waals surface area (Å²) in [5.74, 6) is 0. The molecule has 1 aromatic rings. The monoisotopic (exact) mass is 276 g/mol. The maximum Gasteiger partial charge on any atom is 0.100 e. The molecule has 1 aromatic carbocycles. The van der Waals surface area contributed by atoms with Gasteiger partial charge in [0.15, 0.2) is 0 Å². The van der Waals surface area contributed by atoms with Crippen LogP contribution in [0.25, 0.3) is 0 Å². The van der Waals surface area contributed by atoms with E-state index < -0.39 is 0 Å². The number of hydrogen-bond donors (Lipinski definition) is 0. The number of nitrogens with zero attached hydrogens (tertiary/aromatic N) is 2. The van der Waals surface area contributed by atoms with Crippen LogP contribution in [0.15, 0.2) is 16.6 Å². The fraction of sp³-hybridized carbons (Fsp3) is 0.385. The fourth-order valence-corrected chi connectivity index (χ4v) is 2.42. The van der Waals surface area contributed by atoms with E-state index in [0.29, 0.717) is 12.0 Å². The molecule has 0 aliphatic rings. The standard InChI is InChI=1S/C13H13BrN2/c1-13(2,3)11-7-9(4-5-15)6-10(8-16)12(11)14/h6-7H,4H2,1-3H3. The summed E-state index contributed by atoms with van der Waals surface area (Å²) in [7, 11) is 0. The molecule has 0 radical (unpaired) electrons. The van der Waals surface area contributed by atoms with Crippen LogP contribution in [0.5, 0.6) is 0 Å². The zero-order valence-corrected chi connectivity index (χ0v) is 11.2. The van der Waals surface area contributed by atoms with Gasteiger partial charge in [0.05, 0.1) is 18.1 Å². The Kier molecular flexibility index (Phi) is 3.73. The van der Waals surface area contributed by atoms with Crippen LogP contribution in [0.2, 0.25) is 0 Å². The minimum absolute atomic E-state index is 0.0457. The Hall–Kier alpha value is -1.32. The molecule has 3 heteroatoms. The van der Waals surface area contributed by atoms with Crippen LogP contribution in [0, 0.1) is 22.7 Å². The Balaban J connectivity index is 3.45. The molecular weight excluding hydrogens is 264 g/mol. The van der Waals surface area contributed by atoms with Gasteiger partial charge in [0, 0.05) is 4.47 Å². The van der Waals surface area contributed by atoms with E-state index in [0.717, 1.165) is 15.6 Å². The van der Waals surface area contributed by atoms with E-state index in [1.807, 2.05) is 6.07 Å². The minimum Gasteiger partial charge on any atom is -0.198 e. The van der Waals surface area contributed by atoms with Crippen molar-refractivity contribution >= 4 is 15.9 Å². The van der Waals surface area contributed by atoms with E-state index in [4.69, 9.17) is 10.5 Å². The van der Waals surface area contributed by atoms with E-state index in [1.54, 1.807) is 6.07 Å². The lowest BCUT2D eigenvalue weighted by Gasteiger charge is -2.22. The second kappa shape index (κ2) is 4.68. The highest BCUT2D eigenvalue weighted by Gasteiger charge is 2.20. The normalized spacial score (nSPS) is 10.6. The Morgan fingerprint density at radius 3 is 2.31 bits per heavy atom. The smallest absolute Gasteiger partial charge is 0.100 e. The van der Waals surface area contributed by atoms with Gasteiger partial charge in [-0.25, -0.2) is 0 Å². The first-order valence-corrected chi connectivity index (χ1v) is 5.79. The highest BCUT2D eigenvalue weighted by atomic mass is 79.9. The zero-order valence-electron chi connectivity index (χ0n) is 9.63. The summed E-state index contributed by atoms with van der Waals surface area (Å²) < 4.78 is 0.837. The zero-order chi connectivity index (χ0) is 12.3. The van der Waals surface area contributed by atoms with Crippen LogP contribution in [-0.2, 0) is 11.8 Å². The third-order valence-corrected chi connectivity index (χ3v) is 3.20. The second-order valence-corrected chi connectivity index (χ2v) is 5.49. The van der Waals surface area contributed by atoms with Gasteiger partial charge in [-0.2, -0.15) is 10.5 Å². The van der Waals surface area contributed by atoms with Gasteiger partial charge in [-0.05, 0) is 38.5 Å². The van der Waals surface area contributed by atoms with Crippen LogP contribution < -0.4 is 0 Å². The van der Waals surface area contributed by atoms with E-state index in [1.165, 1.54) is 0 Å². The first-order valence-electron chi connectivity index (χ1n) is 5.00. The maximum absolute atomic E-state index is 9.04. The molecule has 0 bridgehead atoms. The summed E-state index contributed by atoms with van der Waals surface area (Å²) in [6, 6.07) is 8.02. The number of halogens is 1. The van der Waals surface area contributed by atoms with E-state index in [2.05, 4.69) is 48.8 Å². The Morgan fingerprint density at radius 2 is 1.88 bits per heavy atom. The summed E-state index contributed by atoms with van der Waals surface area (Å²) in [6.07, 6.45) is 0.338. The van der Waals surface area contributed by atoms with Crippen LogP contribution in [-0.4, -0.2) is 0 Å². The molecule has 0 amide bonds. The minimum atomic E-state index is -0.0457. The summed E-state index contributed by atoms with van der Waals surface area (Å²) >= 11 is 3.46. The van der Waals surface area contributed by atoms with Crippen molar-refractivity contribution in [2.24, 2.45) is 0 Å². The topological polar surface area (TPSA) is 47.6 Å². The van der Waals surface area contributed by atoms with Crippen LogP contribution in [0.1, 0.15) is 37.5 Å². The number of rotatable bonds is 1. The van der Waals surface area contributed by atoms with Crippen molar-refractivity contribution in [2.45, 2.75) is 32.6 Å². The fourth-order valence-electron chi connectivity index (χ4n) is 1.50. The van der Waals surface area contributed by atoms with Gasteiger partial charge in [0.1, 0.15) is 6.07 Å². The van der Waals surface area contributed by atoms with E-state index in [-0.39, 0.29) is 5.41 Å². The van der Waals surface area contributed by atoms with Gasteiger partial charge >= 0.3 is 0 Å². The van der Waals surface area contributed by atoms with Crippen molar-refractivity contribution in [3.05, 3.63) is 33.3 Å². The van der Waals surface area contributed by atoms with Gasteiger partial charge in [-0.15, -0.1) is 0 Å². The Labute approximate surface area is 105 Å². The van der Waals surface area contributed by atoms with Gasteiger partial charge in [0.25, 0.3) is 0 Å². The molecule has 0 heterocycles. The molecular formula is C13H13BrN2. The number of nitriles is 2. The van der Waals surface area contributed by atoms with Crippen molar-refractivity contribution in [1.29, 1.82) is 10.5 Å². The SMILES string of the molecule is CC(C)(C)c1cc(CC#N)cc(C#N)c1Br. The molecule has 0 atom stereocenters. The van der Waals surface area contributed by atoms with Gasteiger partial charge in [0.2, 0.25) is 0 Å². The molecule has 16 heavy (non-hydrogen) atoms. The average Bonchev–Trinajstić information content (AvgIpc) is 2.19. The molecule has 0 spiro atoms. The third kappa shape index (κ3) is 2.62. The molecule has 0 saturated heterocycles. The summed E-state index contributed by atoms with van der Waals surface area (Å²) in [5.41, 5.74) is 2.51. The predicted octanol–water partition coefficient (Wildman–Crippen LogP) is 3.68. The van der Waals surface area contributed by atoms with Gasteiger partial charge in [-0.1, -0.05) is 26.8 Å². The largest absolute Gasteiger partial charge is 0.198 e. The number of hydrogen-bond acceptors (Lipinski definition) is 2. The van der Waals surface area contributed by atoms with E-state index in [9.17, 15) is 0 Å². The molecule has 0 fully saturated rings. The molecule has 82 valence electrons. The molecule has 0 N–H and O–H groups in total. The lowest BCUT2D eigenvalue weighted by molar-refractivity contribution is 0.586. The average molecular weight is 277 g/mol.